The zero-order chi connectivity index (χ0) is 21.7. The van der Waals surface area contributed by atoms with Crippen molar-refractivity contribution in [3.05, 3.63) is 94.0 Å². The van der Waals surface area contributed by atoms with Crippen LogP contribution in [0.2, 0.25) is 0 Å². The minimum atomic E-state index is -0.547. The van der Waals surface area contributed by atoms with Crippen molar-refractivity contribution < 1.29 is 19.4 Å². The predicted molar refractivity (Wildman–Crippen MR) is 117 cm³/mol. The average molecular weight is 403 g/mol. The molecule has 0 saturated carbocycles. The molecule has 3 aromatic carbocycles. The van der Waals surface area contributed by atoms with Crippen LogP contribution in [0.15, 0.2) is 60.7 Å². The minimum absolute atomic E-state index is 0.0386. The Labute approximate surface area is 176 Å². The summed E-state index contributed by atoms with van der Waals surface area (Å²) in [6.45, 7) is 3.76. The second-order valence-corrected chi connectivity index (χ2v) is 6.90. The molecule has 3 rings (SSSR count). The molecule has 0 aliphatic heterocycles. The SMILES string of the molecule is CCOC(=O)c1c(CC)c(N)c(O)c(C(=O)c2ccccc2)c1Cc1ccccc1. The summed E-state index contributed by atoms with van der Waals surface area (Å²) in [6, 6.07) is 18.1. The number of anilines is 1. The number of hydrogen-bond acceptors (Lipinski definition) is 5. The first-order valence-corrected chi connectivity index (χ1v) is 9.96. The van der Waals surface area contributed by atoms with Gasteiger partial charge in [-0.3, -0.25) is 4.79 Å². The van der Waals surface area contributed by atoms with Gasteiger partial charge in [-0.2, -0.15) is 0 Å². The molecule has 0 unspecified atom stereocenters. The zero-order valence-electron chi connectivity index (χ0n) is 17.1. The standard InChI is InChI=1S/C25H25NO4/c1-3-18-20(25(29)30-4-2)19(15-16-11-7-5-8-12-16)21(24(28)22(18)26)23(27)17-13-9-6-10-14-17/h5-14,28H,3-4,15,26H2,1-2H3. The van der Waals surface area contributed by atoms with E-state index >= 15 is 0 Å². The number of phenolic OH excluding ortho intramolecular Hbond substituents is 1. The molecule has 0 amide bonds. The van der Waals surface area contributed by atoms with Gasteiger partial charge in [0.15, 0.2) is 5.78 Å². The molecule has 0 saturated heterocycles. The van der Waals surface area contributed by atoms with E-state index in [0.717, 1.165) is 5.56 Å². The highest BCUT2D eigenvalue weighted by atomic mass is 16.5. The van der Waals surface area contributed by atoms with Crippen molar-refractivity contribution in [2.75, 3.05) is 12.3 Å². The summed E-state index contributed by atoms with van der Waals surface area (Å²) in [6.07, 6.45) is 0.693. The quantitative estimate of drug-likeness (QED) is 0.262. The van der Waals surface area contributed by atoms with Crippen LogP contribution in [0.1, 0.15) is 56.8 Å². The van der Waals surface area contributed by atoms with Crippen LogP contribution in [0, 0.1) is 0 Å². The third-order valence-corrected chi connectivity index (χ3v) is 5.04. The van der Waals surface area contributed by atoms with E-state index in [2.05, 4.69) is 0 Å². The second-order valence-electron chi connectivity index (χ2n) is 6.90. The van der Waals surface area contributed by atoms with Gasteiger partial charge in [-0.25, -0.2) is 4.79 Å². The highest BCUT2D eigenvalue weighted by Crippen LogP contribution is 2.39. The Morgan fingerprint density at radius 3 is 2.07 bits per heavy atom. The Morgan fingerprint density at radius 2 is 1.50 bits per heavy atom. The lowest BCUT2D eigenvalue weighted by atomic mass is 9.85. The van der Waals surface area contributed by atoms with Crippen LogP contribution >= 0.6 is 0 Å². The Balaban J connectivity index is 2.33. The van der Waals surface area contributed by atoms with Gasteiger partial charge < -0.3 is 15.6 Å². The minimum Gasteiger partial charge on any atom is -0.505 e. The van der Waals surface area contributed by atoms with E-state index in [0.29, 0.717) is 23.1 Å². The fourth-order valence-corrected chi connectivity index (χ4v) is 3.63. The molecule has 0 aliphatic rings. The first kappa shape index (κ1) is 21.1. The van der Waals surface area contributed by atoms with Crippen LogP contribution in [0.25, 0.3) is 0 Å². The Hall–Kier alpha value is -3.60. The van der Waals surface area contributed by atoms with E-state index < -0.39 is 5.97 Å². The van der Waals surface area contributed by atoms with Gasteiger partial charge in [-0.05, 0) is 36.5 Å². The maximum Gasteiger partial charge on any atom is 0.338 e. The summed E-state index contributed by atoms with van der Waals surface area (Å²) in [7, 11) is 0. The third-order valence-electron chi connectivity index (χ3n) is 5.04. The van der Waals surface area contributed by atoms with Gasteiger partial charge in [0, 0.05) is 5.56 Å². The van der Waals surface area contributed by atoms with Gasteiger partial charge in [0.1, 0.15) is 5.75 Å². The number of ketones is 1. The van der Waals surface area contributed by atoms with Crippen LogP contribution in [-0.2, 0) is 17.6 Å². The number of benzene rings is 3. The smallest absolute Gasteiger partial charge is 0.338 e. The summed E-state index contributed by atoms with van der Waals surface area (Å²) < 4.78 is 5.30. The molecule has 0 fully saturated rings. The van der Waals surface area contributed by atoms with Gasteiger partial charge >= 0.3 is 5.97 Å². The summed E-state index contributed by atoms with van der Waals surface area (Å²) in [5.74, 6) is -1.23. The van der Waals surface area contributed by atoms with Crippen LogP contribution in [-0.4, -0.2) is 23.5 Å². The van der Waals surface area contributed by atoms with E-state index in [4.69, 9.17) is 10.5 Å². The van der Waals surface area contributed by atoms with Crippen LogP contribution in [0.4, 0.5) is 5.69 Å². The first-order chi connectivity index (χ1) is 14.5. The third kappa shape index (κ3) is 4.06. The topological polar surface area (TPSA) is 89.6 Å². The number of nitrogen functional groups attached to an aromatic ring is 1. The molecule has 0 aliphatic carbocycles. The molecule has 154 valence electrons. The van der Waals surface area contributed by atoms with E-state index in [-0.39, 0.29) is 41.4 Å². The number of ether oxygens (including phenoxy) is 1. The largest absolute Gasteiger partial charge is 0.505 e. The monoisotopic (exact) mass is 403 g/mol. The lowest BCUT2D eigenvalue weighted by Crippen LogP contribution is -2.18. The molecule has 0 atom stereocenters. The van der Waals surface area contributed by atoms with Crippen molar-refractivity contribution in [3.8, 4) is 5.75 Å². The van der Waals surface area contributed by atoms with Crippen molar-refractivity contribution in [2.45, 2.75) is 26.7 Å². The van der Waals surface area contributed by atoms with Gasteiger partial charge in [0.25, 0.3) is 0 Å². The predicted octanol–water partition coefficient (Wildman–Crippen LogP) is 4.54. The van der Waals surface area contributed by atoms with Crippen molar-refractivity contribution in [2.24, 2.45) is 0 Å². The number of nitrogens with two attached hydrogens (primary N) is 1. The number of carbonyl (C=O) groups is 2. The fourth-order valence-electron chi connectivity index (χ4n) is 3.63. The Morgan fingerprint density at radius 1 is 0.900 bits per heavy atom. The molecule has 0 radical (unpaired) electrons. The van der Waals surface area contributed by atoms with Crippen LogP contribution in [0.5, 0.6) is 5.75 Å². The fraction of sp³-hybridized carbons (Fsp3) is 0.200. The lowest BCUT2D eigenvalue weighted by Gasteiger charge is -2.21. The molecule has 3 aromatic rings. The van der Waals surface area contributed by atoms with Gasteiger partial charge in [-0.1, -0.05) is 67.6 Å². The number of hydrogen-bond donors (Lipinski definition) is 2. The second kappa shape index (κ2) is 9.27. The molecule has 5 heteroatoms. The number of phenols is 1. The van der Waals surface area contributed by atoms with Crippen molar-refractivity contribution in [3.63, 3.8) is 0 Å². The Kier molecular flexibility index (Phi) is 6.52. The molecule has 0 heterocycles. The van der Waals surface area contributed by atoms with Crippen LogP contribution in [0.3, 0.4) is 0 Å². The Bertz CT molecular complexity index is 1060. The van der Waals surface area contributed by atoms with E-state index in [9.17, 15) is 14.7 Å². The number of rotatable bonds is 7. The highest BCUT2D eigenvalue weighted by molar-refractivity contribution is 6.14. The zero-order valence-corrected chi connectivity index (χ0v) is 17.1. The number of esters is 1. The molecule has 30 heavy (non-hydrogen) atoms. The average Bonchev–Trinajstić information content (AvgIpc) is 2.77. The maximum atomic E-state index is 13.4. The van der Waals surface area contributed by atoms with E-state index in [1.54, 1.807) is 37.3 Å². The van der Waals surface area contributed by atoms with Crippen molar-refractivity contribution in [1.82, 2.24) is 0 Å². The molecular formula is C25H25NO4. The molecule has 5 nitrogen and oxygen atoms in total. The van der Waals surface area contributed by atoms with Gasteiger partial charge in [0.2, 0.25) is 0 Å². The van der Waals surface area contributed by atoms with E-state index in [1.165, 1.54) is 0 Å². The van der Waals surface area contributed by atoms with Gasteiger partial charge in [-0.15, -0.1) is 0 Å². The lowest BCUT2D eigenvalue weighted by molar-refractivity contribution is 0.0524. The molecule has 0 bridgehead atoms. The van der Waals surface area contributed by atoms with Crippen LogP contribution < -0.4 is 5.73 Å². The summed E-state index contributed by atoms with van der Waals surface area (Å²) in [5, 5.41) is 10.9. The molecule has 0 spiro atoms. The van der Waals surface area contributed by atoms with Crippen molar-refractivity contribution in [1.29, 1.82) is 0 Å². The summed E-state index contributed by atoms with van der Waals surface area (Å²) in [4.78, 5) is 26.3. The summed E-state index contributed by atoms with van der Waals surface area (Å²) >= 11 is 0. The number of carbonyl (C=O) groups excluding carboxylic acids is 2. The number of aromatic hydroxyl groups is 1. The molecule has 0 aromatic heterocycles. The van der Waals surface area contributed by atoms with Crippen molar-refractivity contribution >= 4 is 17.4 Å². The molecule has 3 N–H and O–H groups in total. The normalized spacial score (nSPS) is 10.6. The van der Waals surface area contributed by atoms with Gasteiger partial charge in [0.05, 0.1) is 23.4 Å². The maximum absolute atomic E-state index is 13.4. The summed E-state index contributed by atoms with van der Waals surface area (Å²) in [5.41, 5.74) is 8.76. The molecular weight excluding hydrogens is 378 g/mol. The highest BCUT2D eigenvalue weighted by Gasteiger charge is 2.30. The first-order valence-electron chi connectivity index (χ1n) is 9.96. The van der Waals surface area contributed by atoms with E-state index in [1.807, 2.05) is 37.3 Å².